The molecule has 1 saturated heterocycles. The molecule has 138 valence electrons. The Hall–Kier alpha value is -2.20. The molecular weight excluding hydrogens is 350 g/mol. The summed E-state index contributed by atoms with van der Waals surface area (Å²) in [5.74, 6) is 1.93. The molecule has 0 bridgehead atoms. The standard InChI is InChI=1S/C21H24ClNO3/c1-15-9-11-23(12-10-15)21(24)17-5-8-19(20(13-17)25-2)26-14-16-3-6-18(22)7-4-16/h3-8,13,15H,9-12,14H2,1-2H3. The van der Waals surface area contributed by atoms with Gasteiger partial charge in [-0.15, -0.1) is 0 Å². The van der Waals surface area contributed by atoms with E-state index in [1.165, 1.54) is 0 Å². The number of hydrogen-bond donors (Lipinski definition) is 0. The van der Waals surface area contributed by atoms with E-state index < -0.39 is 0 Å². The molecule has 0 radical (unpaired) electrons. The van der Waals surface area contributed by atoms with Crippen molar-refractivity contribution in [2.45, 2.75) is 26.4 Å². The van der Waals surface area contributed by atoms with Crippen molar-refractivity contribution in [3.8, 4) is 11.5 Å². The van der Waals surface area contributed by atoms with Crippen LogP contribution in [0.2, 0.25) is 5.02 Å². The summed E-state index contributed by atoms with van der Waals surface area (Å²) in [6, 6.07) is 12.9. The number of likely N-dealkylation sites (tertiary alicyclic amines) is 1. The van der Waals surface area contributed by atoms with Crippen molar-refractivity contribution < 1.29 is 14.3 Å². The Morgan fingerprint density at radius 3 is 2.46 bits per heavy atom. The molecule has 2 aromatic carbocycles. The largest absolute Gasteiger partial charge is 0.493 e. The first kappa shape index (κ1) is 18.6. The molecule has 0 saturated carbocycles. The van der Waals surface area contributed by atoms with E-state index in [-0.39, 0.29) is 5.91 Å². The Kier molecular flexibility index (Phi) is 6.04. The number of methoxy groups -OCH3 is 1. The van der Waals surface area contributed by atoms with Crippen LogP contribution in [-0.2, 0) is 6.61 Å². The summed E-state index contributed by atoms with van der Waals surface area (Å²) < 4.78 is 11.3. The molecule has 0 atom stereocenters. The van der Waals surface area contributed by atoms with Crippen LogP contribution in [0, 0.1) is 5.92 Å². The summed E-state index contributed by atoms with van der Waals surface area (Å²) in [5.41, 5.74) is 1.65. The maximum atomic E-state index is 12.7. The summed E-state index contributed by atoms with van der Waals surface area (Å²) in [5, 5.41) is 0.696. The first-order chi connectivity index (χ1) is 12.6. The Morgan fingerprint density at radius 2 is 1.81 bits per heavy atom. The fourth-order valence-corrected chi connectivity index (χ4v) is 3.18. The summed E-state index contributed by atoms with van der Waals surface area (Å²) in [4.78, 5) is 14.6. The van der Waals surface area contributed by atoms with Gasteiger partial charge in [-0.05, 0) is 54.7 Å². The Labute approximate surface area is 159 Å². The average molecular weight is 374 g/mol. The van der Waals surface area contributed by atoms with Crippen molar-refractivity contribution in [1.29, 1.82) is 0 Å². The number of amides is 1. The lowest BCUT2D eigenvalue weighted by Crippen LogP contribution is -2.37. The lowest BCUT2D eigenvalue weighted by Gasteiger charge is -2.30. The van der Waals surface area contributed by atoms with Crippen molar-refractivity contribution in [1.82, 2.24) is 4.90 Å². The van der Waals surface area contributed by atoms with Crippen LogP contribution in [0.1, 0.15) is 35.7 Å². The van der Waals surface area contributed by atoms with E-state index in [1.807, 2.05) is 29.2 Å². The number of hydrogen-bond acceptors (Lipinski definition) is 3. The molecule has 0 N–H and O–H groups in total. The third-order valence-corrected chi connectivity index (χ3v) is 5.04. The van der Waals surface area contributed by atoms with Gasteiger partial charge in [0.1, 0.15) is 6.61 Å². The summed E-state index contributed by atoms with van der Waals surface area (Å²) in [6.45, 7) is 4.27. The van der Waals surface area contributed by atoms with Crippen LogP contribution in [0.5, 0.6) is 11.5 Å². The van der Waals surface area contributed by atoms with Crippen LogP contribution in [0.25, 0.3) is 0 Å². The van der Waals surface area contributed by atoms with Crippen molar-refractivity contribution in [3.05, 3.63) is 58.6 Å². The first-order valence-electron chi connectivity index (χ1n) is 8.91. The number of nitrogens with zero attached hydrogens (tertiary/aromatic N) is 1. The lowest BCUT2D eigenvalue weighted by atomic mass is 9.98. The molecule has 5 heteroatoms. The van der Waals surface area contributed by atoms with Crippen LogP contribution in [0.15, 0.2) is 42.5 Å². The Balaban J connectivity index is 1.68. The molecule has 4 nitrogen and oxygen atoms in total. The molecule has 0 unspecified atom stereocenters. The quantitative estimate of drug-likeness (QED) is 0.755. The highest BCUT2D eigenvalue weighted by Crippen LogP contribution is 2.30. The van der Waals surface area contributed by atoms with Crippen molar-refractivity contribution in [2.24, 2.45) is 5.92 Å². The van der Waals surface area contributed by atoms with E-state index in [9.17, 15) is 4.79 Å². The maximum Gasteiger partial charge on any atom is 0.253 e. The summed E-state index contributed by atoms with van der Waals surface area (Å²) in [7, 11) is 1.58. The molecular formula is C21H24ClNO3. The molecule has 2 aromatic rings. The first-order valence-corrected chi connectivity index (χ1v) is 9.29. The molecule has 1 aliphatic heterocycles. The van der Waals surface area contributed by atoms with Crippen LogP contribution >= 0.6 is 11.6 Å². The second-order valence-corrected chi connectivity index (χ2v) is 7.19. The number of carbonyl (C=O) groups is 1. The maximum absolute atomic E-state index is 12.7. The van der Waals surface area contributed by atoms with Crippen molar-refractivity contribution >= 4 is 17.5 Å². The lowest BCUT2D eigenvalue weighted by molar-refractivity contribution is 0.0697. The minimum atomic E-state index is 0.0550. The molecule has 1 amide bonds. The highest BCUT2D eigenvalue weighted by Gasteiger charge is 2.22. The number of ether oxygens (including phenoxy) is 2. The fraction of sp³-hybridized carbons (Fsp3) is 0.381. The Bertz CT molecular complexity index is 752. The zero-order valence-electron chi connectivity index (χ0n) is 15.2. The van der Waals surface area contributed by atoms with Gasteiger partial charge >= 0.3 is 0 Å². The van der Waals surface area contributed by atoms with Crippen molar-refractivity contribution in [3.63, 3.8) is 0 Å². The number of carbonyl (C=O) groups excluding carboxylic acids is 1. The SMILES string of the molecule is COc1cc(C(=O)N2CCC(C)CC2)ccc1OCc1ccc(Cl)cc1. The zero-order chi connectivity index (χ0) is 18.5. The van der Waals surface area contributed by atoms with E-state index in [0.29, 0.717) is 34.6 Å². The summed E-state index contributed by atoms with van der Waals surface area (Å²) in [6.07, 6.45) is 2.12. The highest BCUT2D eigenvalue weighted by atomic mass is 35.5. The number of halogens is 1. The van der Waals surface area contributed by atoms with Crippen molar-refractivity contribution in [2.75, 3.05) is 20.2 Å². The third-order valence-electron chi connectivity index (χ3n) is 4.79. The van der Waals surface area contributed by atoms with Gasteiger partial charge in [-0.1, -0.05) is 30.7 Å². The van der Waals surface area contributed by atoms with Crippen LogP contribution in [-0.4, -0.2) is 31.0 Å². The van der Waals surface area contributed by atoms with Gasteiger partial charge in [0, 0.05) is 23.7 Å². The van der Waals surface area contributed by atoms with Gasteiger partial charge in [0.25, 0.3) is 5.91 Å². The smallest absolute Gasteiger partial charge is 0.253 e. The topological polar surface area (TPSA) is 38.8 Å². The third kappa shape index (κ3) is 4.50. The van der Waals surface area contributed by atoms with Crippen LogP contribution < -0.4 is 9.47 Å². The van der Waals surface area contributed by atoms with Gasteiger partial charge in [-0.2, -0.15) is 0 Å². The molecule has 0 spiro atoms. The van der Waals surface area contributed by atoms with E-state index in [4.69, 9.17) is 21.1 Å². The van der Waals surface area contributed by atoms with Gasteiger partial charge < -0.3 is 14.4 Å². The van der Waals surface area contributed by atoms with E-state index in [2.05, 4.69) is 6.92 Å². The van der Waals surface area contributed by atoms with Gasteiger partial charge in [-0.25, -0.2) is 0 Å². The molecule has 1 heterocycles. The molecule has 1 fully saturated rings. The summed E-state index contributed by atoms with van der Waals surface area (Å²) >= 11 is 5.90. The molecule has 26 heavy (non-hydrogen) atoms. The second-order valence-electron chi connectivity index (χ2n) is 6.76. The van der Waals surface area contributed by atoms with E-state index >= 15 is 0 Å². The number of rotatable bonds is 5. The van der Waals surface area contributed by atoms with Crippen LogP contribution in [0.4, 0.5) is 0 Å². The molecule has 1 aliphatic rings. The number of benzene rings is 2. The van der Waals surface area contributed by atoms with Gasteiger partial charge in [0.15, 0.2) is 11.5 Å². The average Bonchev–Trinajstić information content (AvgIpc) is 2.67. The normalized spacial score (nSPS) is 15.0. The minimum Gasteiger partial charge on any atom is -0.493 e. The highest BCUT2D eigenvalue weighted by molar-refractivity contribution is 6.30. The fourth-order valence-electron chi connectivity index (χ4n) is 3.06. The zero-order valence-corrected chi connectivity index (χ0v) is 16.0. The van der Waals surface area contributed by atoms with E-state index in [1.54, 1.807) is 25.3 Å². The predicted octanol–water partition coefficient (Wildman–Crippen LogP) is 4.80. The van der Waals surface area contributed by atoms with Crippen LogP contribution in [0.3, 0.4) is 0 Å². The van der Waals surface area contributed by atoms with E-state index in [0.717, 1.165) is 31.5 Å². The minimum absolute atomic E-state index is 0.0550. The predicted molar refractivity (Wildman–Crippen MR) is 103 cm³/mol. The Morgan fingerprint density at radius 1 is 1.12 bits per heavy atom. The second kappa shape index (κ2) is 8.45. The molecule has 3 rings (SSSR count). The molecule has 0 aromatic heterocycles. The van der Waals surface area contributed by atoms with Gasteiger partial charge in [-0.3, -0.25) is 4.79 Å². The number of piperidine rings is 1. The molecule has 0 aliphatic carbocycles. The van der Waals surface area contributed by atoms with Gasteiger partial charge in [0.2, 0.25) is 0 Å². The monoisotopic (exact) mass is 373 g/mol. The van der Waals surface area contributed by atoms with Gasteiger partial charge in [0.05, 0.1) is 7.11 Å².